The third kappa shape index (κ3) is 5.41. The molecule has 1 atom stereocenters. The molecule has 0 aromatic carbocycles. The predicted molar refractivity (Wildman–Crippen MR) is 78.4 cm³/mol. The van der Waals surface area contributed by atoms with Crippen LogP contribution in [0.1, 0.15) is 58.3 Å². The van der Waals surface area contributed by atoms with Crippen molar-refractivity contribution in [1.29, 1.82) is 0 Å². The minimum atomic E-state index is 0.434. The number of ether oxygens (including phenoxy) is 2. The van der Waals surface area contributed by atoms with E-state index in [0.29, 0.717) is 12.1 Å². The molecule has 1 saturated carbocycles. The number of rotatable bonds is 7. The topological polar surface area (TPSA) is 30.5 Å². The van der Waals surface area contributed by atoms with E-state index in [9.17, 15) is 0 Å². The molecule has 19 heavy (non-hydrogen) atoms. The molecule has 3 heteroatoms. The highest BCUT2D eigenvalue weighted by atomic mass is 16.5. The summed E-state index contributed by atoms with van der Waals surface area (Å²) in [6.45, 7) is 6.01. The van der Waals surface area contributed by atoms with E-state index in [-0.39, 0.29) is 0 Å². The number of nitrogens with one attached hydrogen (secondary N) is 1. The zero-order valence-electron chi connectivity index (χ0n) is 12.5. The van der Waals surface area contributed by atoms with Crippen LogP contribution in [0, 0.1) is 5.92 Å². The van der Waals surface area contributed by atoms with E-state index in [1.54, 1.807) is 0 Å². The first-order valence-electron chi connectivity index (χ1n) is 8.33. The summed E-state index contributed by atoms with van der Waals surface area (Å²) in [4.78, 5) is 0. The van der Waals surface area contributed by atoms with Gasteiger partial charge in [-0.3, -0.25) is 0 Å². The molecular formula is C16H31NO2. The minimum absolute atomic E-state index is 0.434. The van der Waals surface area contributed by atoms with Gasteiger partial charge in [0.1, 0.15) is 0 Å². The molecule has 0 amide bonds. The molecule has 2 rings (SSSR count). The van der Waals surface area contributed by atoms with Crippen molar-refractivity contribution in [1.82, 2.24) is 5.32 Å². The van der Waals surface area contributed by atoms with Gasteiger partial charge in [0, 0.05) is 19.3 Å². The second kappa shape index (κ2) is 8.93. The van der Waals surface area contributed by atoms with Gasteiger partial charge in [0.25, 0.3) is 0 Å². The van der Waals surface area contributed by atoms with Gasteiger partial charge in [0.2, 0.25) is 0 Å². The van der Waals surface area contributed by atoms with Crippen LogP contribution in [-0.4, -0.2) is 38.5 Å². The van der Waals surface area contributed by atoms with Gasteiger partial charge in [-0.1, -0.05) is 26.2 Å². The molecule has 0 bridgehead atoms. The van der Waals surface area contributed by atoms with Crippen molar-refractivity contribution in [3.05, 3.63) is 0 Å². The fourth-order valence-corrected chi connectivity index (χ4v) is 3.31. The maximum Gasteiger partial charge on any atom is 0.0626 e. The largest absolute Gasteiger partial charge is 0.381 e. The van der Waals surface area contributed by atoms with Crippen LogP contribution in [-0.2, 0) is 9.47 Å². The van der Waals surface area contributed by atoms with Crippen LogP contribution in [0.3, 0.4) is 0 Å². The second-order valence-corrected chi connectivity index (χ2v) is 6.10. The Morgan fingerprint density at radius 3 is 2.53 bits per heavy atom. The summed E-state index contributed by atoms with van der Waals surface area (Å²) in [5, 5.41) is 3.72. The van der Waals surface area contributed by atoms with Crippen LogP contribution < -0.4 is 5.32 Å². The highest BCUT2D eigenvalue weighted by Crippen LogP contribution is 2.27. The van der Waals surface area contributed by atoms with Crippen molar-refractivity contribution < 1.29 is 9.47 Å². The SMILES string of the molecule is CCCNC(COC1CCOCC1)C1CCCCC1. The standard InChI is InChI=1S/C16H31NO2/c1-2-10-17-16(14-6-4-3-5-7-14)13-19-15-8-11-18-12-9-15/h14-17H,2-13H2,1H3. The summed E-state index contributed by atoms with van der Waals surface area (Å²) in [7, 11) is 0. The van der Waals surface area contributed by atoms with E-state index in [2.05, 4.69) is 12.2 Å². The average molecular weight is 269 g/mol. The Morgan fingerprint density at radius 2 is 1.84 bits per heavy atom. The maximum atomic E-state index is 6.15. The van der Waals surface area contributed by atoms with E-state index < -0.39 is 0 Å². The van der Waals surface area contributed by atoms with Crippen LogP contribution in [0.15, 0.2) is 0 Å². The van der Waals surface area contributed by atoms with E-state index >= 15 is 0 Å². The van der Waals surface area contributed by atoms with Gasteiger partial charge in [-0.25, -0.2) is 0 Å². The third-order valence-corrected chi connectivity index (χ3v) is 4.56. The Bertz CT molecular complexity index is 223. The second-order valence-electron chi connectivity index (χ2n) is 6.10. The number of hydrogen-bond acceptors (Lipinski definition) is 3. The summed E-state index contributed by atoms with van der Waals surface area (Å²) in [5.74, 6) is 0.833. The maximum absolute atomic E-state index is 6.15. The lowest BCUT2D eigenvalue weighted by molar-refractivity contribution is -0.0438. The van der Waals surface area contributed by atoms with Gasteiger partial charge in [0.05, 0.1) is 12.7 Å². The molecule has 1 heterocycles. The first-order chi connectivity index (χ1) is 9.40. The van der Waals surface area contributed by atoms with Crippen molar-refractivity contribution in [3.8, 4) is 0 Å². The molecule has 2 fully saturated rings. The van der Waals surface area contributed by atoms with E-state index in [1.807, 2.05) is 0 Å². The van der Waals surface area contributed by atoms with Gasteiger partial charge in [0.15, 0.2) is 0 Å². The monoisotopic (exact) mass is 269 g/mol. The van der Waals surface area contributed by atoms with Gasteiger partial charge < -0.3 is 14.8 Å². The predicted octanol–water partition coefficient (Wildman–Crippen LogP) is 3.13. The summed E-state index contributed by atoms with van der Waals surface area (Å²) in [5.41, 5.74) is 0. The van der Waals surface area contributed by atoms with Crippen LogP contribution in [0.25, 0.3) is 0 Å². The zero-order chi connectivity index (χ0) is 13.3. The average Bonchev–Trinajstić information content (AvgIpc) is 2.49. The fraction of sp³-hybridized carbons (Fsp3) is 1.00. The summed E-state index contributed by atoms with van der Waals surface area (Å²) in [6, 6.07) is 0.572. The molecule has 0 spiro atoms. The molecule has 1 aliphatic heterocycles. The highest BCUT2D eigenvalue weighted by Gasteiger charge is 2.24. The molecule has 2 aliphatic rings. The lowest BCUT2D eigenvalue weighted by atomic mass is 9.84. The van der Waals surface area contributed by atoms with Gasteiger partial charge in [-0.2, -0.15) is 0 Å². The first kappa shape index (κ1) is 15.3. The van der Waals surface area contributed by atoms with Crippen LogP contribution in [0.5, 0.6) is 0 Å². The van der Waals surface area contributed by atoms with E-state index in [0.717, 1.165) is 45.1 Å². The normalized spacial score (nSPS) is 24.5. The lowest BCUT2D eigenvalue weighted by Gasteiger charge is -2.33. The summed E-state index contributed by atoms with van der Waals surface area (Å²) >= 11 is 0. The molecule has 1 unspecified atom stereocenters. The molecule has 0 aromatic rings. The van der Waals surface area contributed by atoms with Crippen LogP contribution in [0.4, 0.5) is 0 Å². The third-order valence-electron chi connectivity index (χ3n) is 4.56. The molecule has 1 N–H and O–H groups in total. The lowest BCUT2D eigenvalue weighted by Crippen LogP contribution is -2.42. The quantitative estimate of drug-likeness (QED) is 0.770. The van der Waals surface area contributed by atoms with Crippen molar-refractivity contribution in [2.75, 3.05) is 26.4 Å². The minimum Gasteiger partial charge on any atom is -0.381 e. The Labute approximate surface area is 118 Å². The Hall–Kier alpha value is -0.120. The Kier molecular flexibility index (Phi) is 7.18. The van der Waals surface area contributed by atoms with Gasteiger partial charge in [-0.05, 0) is 44.6 Å². The fourth-order valence-electron chi connectivity index (χ4n) is 3.31. The smallest absolute Gasteiger partial charge is 0.0626 e. The first-order valence-corrected chi connectivity index (χ1v) is 8.33. The zero-order valence-corrected chi connectivity index (χ0v) is 12.5. The Morgan fingerprint density at radius 1 is 1.11 bits per heavy atom. The summed E-state index contributed by atoms with van der Waals surface area (Å²) in [6.07, 6.45) is 10.8. The molecule has 0 aromatic heterocycles. The molecule has 1 aliphatic carbocycles. The van der Waals surface area contributed by atoms with Crippen molar-refractivity contribution in [3.63, 3.8) is 0 Å². The van der Waals surface area contributed by atoms with Crippen LogP contribution in [0.2, 0.25) is 0 Å². The molecule has 0 radical (unpaired) electrons. The molecular weight excluding hydrogens is 238 g/mol. The van der Waals surface area contributed by atoms with E-state index in [4.69, 9.17) is 9.47 Å². The van der Waals surface area contributed by atoms with Crippen molar-refractivity contribution >= 4 is 0 Å². The molecule has 3 nitrogen and oxygen atoms in total. The highest BCUT2D eigenvalue weighted by molar-refractivity contribution is 4.80. The molecule has 112 valence electrons. The van der Waals surface area contributed by atoms with Crippen molar-refractivity contribution in [2.45, 2.75) is 70.4 Å². The number of hydrogen-bond donors (Lipinski definition) is 1. The van der Waals surface area contributed by atoms with Crippen LogP contribution >= 0.6 is 0 Å². The van der Waals surface area contributed by atoms with E-state index in [1.165, 1.54) is 38.5 Å². The van der Waals surface area contributed by atoms with Gasteiger partial charge >= 0.3 is 0 Å². The summed E-state index contributed by atoms with van der Waals surface area (Å²) < 4.78 is 11.5. The van der Waals surface area contributed by atoms with Crippen molar-refractivity contribution in [2.24, 2.45) is 5.92 Å². The Balaban J connectivity index is 1.74. The van der Waals surface area contributed by atoms with Gasteiger partial charge in [-0.15, -0.1) is 0 Å². The molecule has 1 saturated heterocycles.